The number of nitrogens with zero attached hydrogens (tertiary/aromatic N) is 2. The molecule has 1 amide bonds. The van der Waals surface area contributed by atoms with E-state index in [2.05, 4.69) is 45.3 Å². The van der Waals surface area contributed by atoms with Gasteiger partial charge >= 0.3 is 5.97 Å². The van der Waals surface area contributed by atoms with E-state index in [0.717, 1.165) is 45.9 Å². The molecule has 3 aromatic carbocycles. The number of aryl methyl sites for hydroxylation is 1. The van der Waals surface area contributed by atoms with Crippen LogP contribution in [0.4, 0.5) is 5.69 Å². The average molecular weight is 661 g/mol. The largest absolute Gasteiger partial charge is 1.00 e. The van der Waals surface area contributed by atoms with Crippen LogP contribution in [0.3, 0.4) is 0 Å². The van der Waals surface area contributed by atoms with Crippen molar-refractivity contribution in [2.75, 3.05) is 45.7 Å². The van der Waals surface area contributed by atoms with E-state index >= 15 is 0 Å². The van der Waals surface area contributed by atoms with E-state index in [9.17, 15) is 9.59 Å². The number of amides is 1. The van der Waals surface area contributed by atoms with Crippen molar-refractivity contribution in [3.8, 4) is 5.75 Å². The summed E-state index contributed by atoms with van der Waals surface area (Å²) in [7, 11) is 6.01. The van der Waals surface area contributed by atoms with E-state index in [0.29, 0.717) is 6.54 Å². The van der Waals surface area contributed by atoms with Gasteiger partial charge in [0.2, 0.25) is 0 Å². The van der Waals surface area contributed by atoms with Crippen molar-refractivity contribution >= 4 is 29.3 Å². The fraction of sp³-hybridized carbons (Fsp3) is 0.355. The topological polar surface area (TPSA) is 55.8 Å². The maximum absolute atomic E-state index is 14.1. The second kappa shape index (κ2) is 13.7. The van der Waals surface area contributed by atoms with Crippen LogP contribution >= 0.6 is 11.8 Å². The second-order valence-corrected chi connectivity index (χ2v) is 11.6. The predicted molar refractivity (Wildman–Crippen MR) is 153 cm³/mol. The van der Waals surface area contributed by atoms with E-state index in [-0.39, 0.29) is 35.1 Å². The number of fused-ring (bicyclic) bond motifs is 1. The fourth-order valence-electron chi connectivity index (χ4n) is 4.72. The van der Waals surface area contributed by atoms with Gasteiger partial charge in [0.05, 0.1) is 51.8 Å². The number of thioether (sulfide) groups is 1. The van der Waals surface area contributed by atoms with Gasteiger partial charge in [-0.25, -0.2) is 0 Å². The van der Waals surface area contributed by atoms with Gasteiger partial charge in [0.1, 0.15) is 5.75 Å². The summed E-state index contributed by atoms with van der Waals surface area (Å²) in [6.07, 6.45) is 0.0196. The van der Waals surface area contributed by atoms with E-state index in [1.54, 1.807) is 18.9 Å². The SMILES string of the molecule is COc1ccc([C@@H]2Sc3ccccc3N(CC[N+](C)(C)CCc3cccc(C)c3)C(=O)[C@@H]2OC(C)=O)cc1.[I-]. The molecule has 0 fully saturated rings. The molecule has 3 aromatic rings. The first-order valence-electron chi connectivity index (χ1n) is 12.9. The number of methoxy groups -OCH3 is 1. The lowest BCUT2D eigenvalue weighted by Crippen LogP contribution is -3.00. The Labute approximate surface area is 253 Å². The highest BCUT2D eigenvalue weighted by molar-refractivity contribution is 7.99. The maximum Gasteiger partial charge on any atom is 0.303 e. The molecule has 0 aliphatic carbocycles. The Morgan fingerprint density at radius 1 is 1.00 bits per heavy atom. The van der Waals surface area contributed by atoms with Crippen LogP contribution in [0.2, 0.25) is 0 Å². The highest BCUT2D eigenvalue weighted by Crippen LogP contribution is 2.46. The van der Waals surface area contributed by atoms with E-state index < -0.39 is 12.1 Å². The zero-order valence-electron chi connectivity index (χ0n) is 23.2. The quantitative estimate of drug-likeness (QED) is 0.201. The number of benzene rings is 3. The number of rotatable bonds is 9. The van der Waals surface area contributed by atoms with Crippen molar-refractivity contribution in [3.63, 3.8) is 0 Å². The van der Waals surface area contributed by atoms with Crippen molar-refractivity contribution in [1.29, 1.82) is 0 Å². The Hall–Kier alpha value is -2.56. The number of para-hydroxylation sites is 1. The number of halogens is 1. The molecule has 1 aliphatic heterocycles. The number of quaternary nitrogens is 1. The zero-order valence-corrected chi connectivity index (χ0v) is 26.2. The Morgan fingerprint density at radius 2 is 1.72 bits per heavy atom. The molecule has 0 N–H and O–H groups in total. The van der Waals surface area contributed by atoms with Gasteiger partial charge in [0, 0.05) is 18.2 Å². The van der Waals surface area contributed by atoms with E-state index in [1.165, 1.54) is 18.1 Å². The minimum absolute atomic E-state index is 0. The summed E-state index contributed by atoms with van der Waals surface area (Å²) < 4.78 is 11.8. The zero-order chi connectivity index (χ0) is 27.3. The molecule has 208 valence electrons. The van der Waals surface area contributed by atoms with Crippen LogP contribution in [-0.2, 0) is 20.7 Å². The number of esters is 1. The molecule has 6 nitrogen and oxygen atoms in total. The third kappa shape index (κ3) is 7.99. The molecule has 1 heterocycles. The molecule has 0 saturated heterocycles. The average Bonchev–Trinajstić information content (AvgIpc) is 3.01. The highest BCUT2D eigenvalue weighted by Gasteiger charge is 2.41. The number of likely N-dealkylation sites (N-methyl/N-ethyl adjacent to an activating group) is 1. The van der Waals surface area contributed by atoms with Gasteiger partial charge in [0.15, 0.2) is 6.10 Å². The number of hydrogen-bond donors (Lipinski definition) is 0. The lowest BCUT2D eigenvalue weighted by molar-refractivity contribution is -0.888. The Balaban J connectivity index is 0.00000420. The minimum atomic E-state index is -0.943. The molecule has 39 heavy (non-hydrogen) atoms. The first-order valence-corrected chi connectivity index (χ1v) is 13.8. The monoisotopic (exact) mass is 660 g/mol. The molecule has 0 radical (unpaired) electrons. The number of hydrogen-bond acceptors (Lipinski definition) is 5. The molecule has 0 unspecified atom stereocenters. The van der Waals surface area contributed by atoms with Gasteiger partial charge in [0.25, 0.3) is 5.91 Å². The van der Waals surface area contributed by atoms with Crippen LogP contribution in [0.25, 0.3) is 0 Å². The molecule has 0 spiro atoms. The van der Waals surface area contributed by atoms with Crippen LogP contribution in [0.1, 0.15) is 28.9 Å². The molecule has 4 rings (SSSR count). The van der Waals surface area contributed by atoms with E-state index in [1.807, 2.05) is 53.4 Å². The Bertz CT molecular complexity index is 1280. The lowest BCUT2D eigenvalue weighted by Gasteiger charge is -2.34. The Kier molecular flexibility index (Phi) is 10.9. The molecular weight excluding hydrogens is 623 g/mol. The predicted octanol–water partition coefficient (Wildman–Crippen LogP) is 2.44. The lowest BCUT2D eigenvalue weighted by atomic mass is 10.1. The summed E-state index contributed by atoms with van der Waals surface area (Å²) in [5, 5.41) is -0.382. The van der Waals surface area contributed by atoms with Crippen LogP contribution in [-0.4, -0.2) is 63.3 Å². The van der Waals surface area contributed by atoms with Gasteiger partial charge in [-0.05, 0) is 42.3 Å². The van der Waals surface area contributed by atoms with Gasteiger partial charge in [-0.1, -0.05) is 54.1 Å². The first-order chi connectivity index (χ1) is 18.2. The Morgan fingerprint density at radius 3 is 2.38 bits per heavy atom. The normalized spacial score (nSPS) is 17.1. The third-order valence-corrected chi connectivity index (χ3v) is 8.32. The molecule has 1 aliphatic rings. The van der Waals surface area contributed by atoms with Gasteiger partial charge in [-0.3, -0.25) is 9.59 Å². The summed E-state index contributed by atoms with van der Waals surface area (Å²) in [5.74, 6) is 0.0650. The summed E-state index contributed by atoms with van der Waals surface area (Å²) in [6.45, 7) is 5.70. The van der Waals surface area contributed by atoms with Crippen LogP contribution < -0.4 is 33.6 Å². The van der Waals surface area contributed by atoms with Gasteiger partial charge in [-0.2, -0.15) is 0 Å². The van der Waals surface area contributed by atoms with Crippen LogP contribution in [0, 0.1) is 6.92 Å². The first kappa shape index (κ1) is 31.0. The third-order valence-electron chi connectivity index (χ3n) is 6.95. The molecule has 0 aromatic heterocycles. The van der Waals surface area contributed by atoms with Crippen molar-refractivity contribution in [2.45, 2.75) is 36.5 Å². The highest BCUT2D eigenvalue weighted by atomic mass is 127. The van der Waals surface area contributed by atoms with Crippen molar-refractivity contribution in [2.24, 2.45) is 0 Å². The molecule has 0 saturated carbocycles. The molecule has 0 bridgehead atoms. The van der Waals surface area contributed by atoms with E-state index in [4.69, 9.17) is 9.47 Å². The minimum Gasteiger partial charge on any atom is -1.00 e. The van der Waals surface area contributed by atoms with Gasteiger partial charge < -0.3 is 42.8 Å². The molecular formula is C31H37IN2O4S. The summed E-state index contributed by atoms with van der Waals surface area (Å²) in [4.78, 5) is 29.0. The van der Waals surface area contributed by atoms with Crippen LogP contribution in [0.5, 0.6) is 5.75 Å². The summed E-state index contributed by atoms with van der Waals surface area (Å²) in [5.41, 5.74) is 4.34. The maximum atomic E-state index is 14.1. The summed E-state index contributed by atoms with van der Waals surface area (Å²) in [6, 6.07) is 24.2. The smallest absolute Gasteiger partial charge is 0.303 e. The number of carbonyl (C=O) groups is 2. The number of carbonyl (C=O) groups excluding carboxylic acids is 2. The van der Waals surface area contributed by atoms with Gasteiger partial charge in [-0.15, -0.1) is 11.8 Å². The second-order valence-electron chi connectivity index (χ2n) is 10.4. The van der Waals surface area contributed by atoms with Crippen LogP contribution in [0.15, 0.2) is 77.7 Å². The van der Waals surface area contributed by atoms with Crippen molar-refractivity contribution in [3.05, 3.63) is 89.5 Å². The standard InChI is InChI=1S/C31H37N2O4S.HI/c1-22-9-8-10-24(21-22)17-19-33(3,4)20-18-32-27-11-6-7-12-28(27)38-30(29(31(32)35)37-23(2)34)25-13-15-26(36-5)16-14-25;/h6-16,21,29-30H,17-20H2,1-5H3;1H/q+1;/p-1/t29-,30+;/m1./s1. The molecule has 2 atom stereocenters. The van der Waals surface area contributed by atoms with Crippen molar-refractivity contribution < 1.29 is 47.5 Å². The fourth-order valence-corrected chi connectivity index (χ4v) is 6.04. The molecule has 8 heteroatoms. The number of ether oxygens (including phenoxy) is 2. The van der Waals surface area contributed by atoms with Crippen molar-refractivity contribution in [1.82, 2.24) is 0 Å². The summed E-state index contributed by atoms with van der Waals surface area (Å²) >= 11 is 1.56. The number of anilines is 1.